The van der Waals surface area contributed by atoms with Gasteiger partial charge in [-0.2, -0.15) is 26.3 Å². The van der Waals surface area contributed by atoms with Crippen molar-refractivity contribution in [2.75, 3.05) is 5.73 Å². The summed E-state index contributed by atoms with van der Waals surface area (Å²) in [5, 5.41) is 6.49. The summed E-state index contributed by atoms with van der Waals surface area (Å²) in [6.45, 7) is 0. The lowest BCUT2D eigenvalue weighted by Crippen LogP contribution is -2.13. The van der Waals surface area contributed by atoms with Gasteiger partial charge in [-0.25, -0.2) is 0 Å². The van der Waals surface area contributed by atoms with Crippen molar-refractivity contribution in [1.82, 2.24) is 14.6 Å². The minimum atomic E-state index is -4.74. The topological polar surface area (TPSA) is 56.2 Å². The normalized spacial score (nSPS) is 12.7. The van der Waals surface area contributed by atoms with Crippen LogP contribution in [0.25, 0.3) is 16.8 Å². The number of rotatable bonds is 2. The lowest BCUT2D eigenvalue weighted by Gasteiger charge is -2.13. The van der Waals surface area contributed by atoms with E-state index in [1.54, 1.807) is 0 Å². The summed E-state index contributed by atoms with van der Waals surface area (Å²) >= 11 is 0. The second-order valence-corrected chi connectivity index (χ2v) is 5.38. The number of pyridine rings is 1. The van der Waals surface area contributed by atoms with Gasteiger partial charge in [0, 0.05) is 11.9 Å². The number of aromatic nitrogens is 3. The van der Waals surface area contributed by atoms with Crippen LogP contribution in [0.1, 0.15) is 11.4 Å². The van der Waals surface area contributed by atoms with Crippen molar-refractivity contribution in [3.63, 3.8) is 0 Å². The van der Waals surface area contributed by atoms with Gasteiger partial charge in [0.2, 0.25) is 5.82 Å². The number of hydrogen-bond acceptors (Lipinski definition) is 3. The molecule has 0 spiro atoms. The number of nitrogen functional groups attached to an aromatic ring is 1. The van der Waals surface area contributed by atoms with Crippen LogP contribution in [0.2, 0.25) is 0 Å². The fourth-order valence-corrected chi connectivity index (χ4v) is 2.50. The first-order valence-electron chi connectivity index (χ1n) is 6.92. The molecule has 0 atom stereocenters. The standard InChI is InChI=1S/C15H10F6N4/c16-14(17,18)6-9-5-10(22)2-3-11(9)8-1-4-12-23-24-13(15(19,20)21)25(12)7-8/h1-5,7H,6,22H2. The Morgan fingerprint density at radius 3 is 2.32 bits per heavy atom. The van der Waals surface area contributed by atoms with Gasteiger partial charge in [-0.1, -0.05) is 6.07 Å². The molecule has 0 fully saturated rings. The average Bonchev–Trinajstić information content (AvgIpc) is 2.88. The highest BCUT2D eigenvalue weighted by atomic mass is 19.4. The summed E-state index contributed by atoms with van der Waals surface area (Å²) in [6, 6.07) is 6.52. The van der Waals surface area contributed by atoms with Crippen molar-refractivity contribution in [3.05, 3.63) is 47.9 Å². The minimum absolute atomic E-state index is 0.0658. The molecule has 10 heteroatoms. The van der Waals surface area contributed by atoms with Gasteiger partial charge in [0.15, 0.2) is 5.65 Å². The third-order valence-corrected chi connectivity index (χ3v) is 3.49. The van der Waals surface area contributed by atoms with Gasteiger partial charge < -0.3 is 5.73 Å². The second-order valence-electron chi connectivity index (χ2n) is 5.38. The molecule has 0 aliphatic rings. The van der Waals surface area contributed by atoms with Crippen LogP contribution < -0.4 is 5.73 Å². The van der Waals surface area contributed by atoms with E-state index in [1.165, 1.54) is 24.3 Å². The quantitative estimate of drug-likeness (QED) is 0.553. The summed E-state index contributed by atoms with van der Waals surface area (Å²) in [6.07, 6.45) is -9.42. The molecule has 0 radical (unpaired) electrons. The zero-order valence-corrected chi connectivity index (χ0v) is 12.4. The Bertz CT molecular complexity index is 926. The number of hydrogen-bond donors (Lipinski definition) is 1. The molecule has 3 aromatic rings. The molecule has 0 saturated carbocycles. The van der Waals surface area contributed by atoms with Crippen LogP contribution in [0.4, 0.5) is 32.0 Å². The van der Waals surface area contributed by atoms with Crippen LogP contribution in [0.15, 0.2) is 36.5 Å². The number of benzene rings is 1. The van der Waals surface area contributed by atoms with Crippen molar-refractivity contribution < 1.29 is 26.3 Å². The fraction of sp³-hybridized carbons (Fsp3) is 0.200. The van der Waals surface area contributed by atoms with Crippen LogP contribution >= 0.6 is 0 Å². The first-order valence-corrected chi connectivity index (χ1v) is 6.92. The van der Waals surface area contributed by atoms with Gasteiger partial charge in [0.05, 0.1) is 6.42 Å². The Morgan fingerprint density at radius 1 is 0.960 bits per heavy atom. The van der Waals surface area contributed by atoms with Crippen molar-refractivity contribution in [3.8, 4) is 11.1 Å². The fourth-order valence-electron chi connectivity index (χ4n) is 2.50. The molecular weight excluding hydrogens is 350 g/mol. The predicted molar refractivity (Wildman–Crippen MR) is 77.6 cm³/mol. The lowest BCUT2D eigenvalue weighted by molar-refractivity contribution is -0.145. The highest BCUT2D eigenvalue weighted by Crippen LogP contribution is 2.33. The van der Waals surface area contributed by atoms with Crippen molar-refractivity contribution >= 4 is 11.3 Å². The predicted octanol–water partition coefficient (Wildman–Crippen LogP) is 4.10. The highest BCUT2D eigenvalue weighted by molar-refractivity contribution is 5.70. The van der Waals surface area contributed by atoms with E-state index in [4.69, 9.17) is 5.73 Å². The van der Waals surface area contributed by atoms with Crippen LogP contribution in [0.3, 0.4) is 0 Å². The molecule has 2 aromatic heterocycles. The maximum absolute atomic E-state index is 13.0. The van der Waals surface area contributed by atoms with E-state index in [9.17, 15) is 26.3 Å². The molecule has 2 heterocycles. The number of halogens is 6. The molecule has 0 amide bonds. The highest BCUT2D eigenvalue weighted by Gasteiger charge is 2.37. The number of nitrogens with two attached hydrogens (primary N) is 1. The van der Waals surface area contributed by atoms with Crippen molar-refractivity contribution in [2.24, 2.45) is 0 Å². The first-order chi connectivity index (χ1) is 11.5. The van der Waals surface area contributed by atoms with Crippen LogP contribution in [-0.2, 0) is 12.6 Å². The average molecular weight is 360 g/mol. The Kier molecular flexibility index (Phi) is 3.85. The van der Waals surface area contributed by atoms with Crippen LogP contribution in [0.5, 0.6) is 0 Å². The van der Waals surface area contributed by atoms with E-state index >= 15 is 0 Å². The lowest BCUT2D eigenvalue weighted by atomic mass is 9.98. The first kappa shape index (κ1) is 17.1. The minimum Gasteiger partial charge on any atom is -0.399 e. The Labute approximate surface area is 136 Å². The van der Waals surface area contributed by atoms with E-state index in [0.717, 1.165) is 12.3 Å². The van der Waals surface area contributed by atoms with Gasteiger partial charge in [-0.3, -0.25) is 4.40 Å². The molecule has 4 nitrogen and oxygen atoms in total. The third-order valence-electron chi connectivity index (χ3n) is 3.49. The van der Waals surface area contributed by atoms with Gasteiger partial charge in [-0.05, 0) is 41.0 Å². The van der Waals surface area contributed by atoms with Crippen LogP contribution in [0, 0.1) is 0 Å². The Balaban J connectivity index is 2.17. The number of nitrogens with zero attached hydrogens (tertiary/aromatic N) is 3. The molecule has 0 bridgehead atoms. The molecule has 0 aliphatic heterocycles. The summed E-state index contributed by atoms with van der Waals surface area (Å²) in [5.74, 6) is -1.25. The molecule has 0 aliphatic carbocycles. The SMILES string of the molecule is Nc1ccc(-c2ccc3nnc(C(F)(F)F)n3c2)c(CC(F)(F)F)c1. The van der Waals surface area contributed by atoms with Gasteiger partial charge in [0.25, 0.3) is 0 Å². The Morgan fingerprint density at radius 2 is 1.68 bits per heavy atom. The summed E-state index contributed by atoms with van der Waals surface area (Å²) in [4.78, 5) is 0. The van der Waals surface area contributed by atoms with E-state index in [2.05, 4.69) is 10.2 Å². The maximum Gasteiger partial charge on any atom is 0.452 e. The summed E-state index contributed by atoms with van der Waals surface area (Å²) in [5.41, 5.74) is 5.77. The van der Waals surface area contributed by atoms with E-state index in [0.29, 0.717) is 4.40 Å². The number of fused-ring (bicyclic) bond motifs is 1. The molecule has 0 saturated heterocycles. The van der Waals surface area contributed by atoms with E-state index in [-0.39, 0.29) is 28.0 Å². The van der Waals surface area contributed by atoms with Crippen molar-refractivity contribution in [2.45, 2.75) is 18.8 Å². The van der Waals surface area contributed by atoms with Crippen LogP contribution in [-0.4, -0.2) is 20.8 Å². The van der Waals surface area contributed by atoms with Gasteiger partial charge in [-0.15, -0.1) is 10.2 Å². The number of anilines is 1. The molecule has 2 N–H and O–H groups in total. The van der Waals surface area contributed by atoms with Gasteiger partial charge >= 0.3 is 12.4 Å². The zero-order chi connectivity index (χ0) is 18.4. The molecule has 1 aromatic carbocycles. The third kappa shape index (κ3) is 3.52. The molecular formula is C15H10F6N4. The summed E-state index contributed by atoms with van der Waals surface area (Å²) in [7, 11) is 0. The van der Waals surface area contributed by atoms with Gasteiger partial charge in [0.1, 0.15) is 0 Å². The molecule has 3 rings (SSSR count). The Hall–Kier alpha value is -2.78. The number of alkyl halides is 6. The summed E-state index contributed by atoms with van der Waals surface area (Å²) < 4.78 is 77.9. The molecule has 25 heavy (non-hydrogen) atoms. The smallest absolute Gasteiger partial charge is 0.399 e. The molecule has 132 valence electrons. The monoisotopic (exact) mass is 360 g/mol. The largest absolute Gasteiger partial charge is 0.452 e. The maximum atomic E-state index is 13.0. The van der Waals surface area contributed by atoms with E-state index in [1.807, 2.05) is 0 Å². The second kappa shape index (κ2) is 5.64. The zero-order valence-electron chi connectivity index (χ0n) is 12.4. The molecule has 0 unspecified atom stereocenters. The van der Waals surface area contributed by atoms with E-state index < -0.39 is 24.6 Å². The van der Waals surface area contributed by atoms with Crippen molar-refractivity contribution in [1.29, 1.82) is 0 Å².